The van der Waals surface area contributed by atoms with E-state index in [1.165, 1.54) is 35.6 Å². The first-order valence-electron chi connectivity index (χ1n) is 7.24. The van der Waals surface area contributed by atoms with Crippen molar-refractivity contribution < 1.29 is 13.2 Å². The summed E-state index contributed by atoms with van der Waals surface area (Å²) in [7, 11) is -3.27. The minimum absolute atomic E-state index is 0.185. The van der Waals surface area contributed by atoms with Crippen LogP contribution in [0.15, 0.2) is 41.3 Å². The maximum absolute atomic E-state index is 12.3. The first kappa shape index (κ1) is 16.6. The summed E-state index contributed by atoms with van der Waals surface area (Å²) in [5.41, 5.74) is 3.53. The lowest BCUT2D eigenvalue weighted by atomic mass is 10.1. The van der Waals surface area contributed by atoms with Crippen LogP contribution in [-0.4, -0.2) is 25.6 Å². The van der Waals surface area contributed by atoms with E-state index in [0.717, 1.165) is 27.6 Å². The molecule has 0 unspecified atom stereocenters. The van der Waals surface area contributed by atoms with Gasteiger partial charge in [0, 0.05) is 11.8 Å². The first-order chi connectivity index (χ1) is 11.3. The summed E-state index contributed by atoms with van der Waals surface area (Å²) in [4.78, 5) is 17.0. The Hall–Kier alpha value is -2.25. The number of hydrogen-bond donors (Lipinski definition) is 1. The van der Waals surface area contributed by atoms with E-state index in [1.54, 1.807) is 0 Å². The maximum Gasteiger partial charge on any atom is 0.257 e. The zero-order chi connectivity index (χ0) is 17.5. The number of rotatable bonds is 3. The number of aryl methyl sites for hydroxylation is 2. The predicted octanol–water partition coefficient (Wildman–Crippen LogP) is 3.57. The second-order valence-corrected chi connectivity index (χ2v) is 8.67. The summed E-state index contributed by atoms with van der Waals surface area (Å²) in [6, 6.07) is 9.87. The van der Waals surface area contributed by atoms with Crippen LogP contribution in [0.2, 0.25) is 0 Å². The standard InChI is InChI=1S/C17H16N2O3S2/c1-10-4-9-14-15(11(10)2)18-17(23-14)19-16(20)12-5-7-13(8-6-12)24(3,21)22/h4-9H,1-3H3,(H,18,19,20). The molecule has 5 nitrogen and oxygen atoms in total. The molecule has 0 saturated heterocycles. The van der Waals surface area contributed by atoms with Gasteiger partial charge in [-0.15, -0.1) is 0 Å². The van der Waals surface area contributed by atoms with Gasteiger partial charge >= 0.3 is 0 Å². The minimum Gasteiger partial charge on any atom is -0.298 e. The quantitative estimate of drug-likeness (QED) is 0.775. The van der Waals surface area contributed by atoms with E-state index in [0.29, 0.717) is 10.7 Å². The smallest absolute Gasteiger partial charge is 0.257 e. The molecule has 0 atom stereocenters. The third kappa shape index (κ3) is 3.18. The molecular formula is C17H16N2O3S2. The largest absolute Gasteiger partial charge is 0.298 e. The van der Waals surface area contributed by atoms with E-state index in [4.69, 9.17) is 0 Å². The van der Waals surface area contributed by atoms with Gasteiger partial charge in [-0.05, 0) is 55.3 Å². The van der Waals surface area contributed by atoms with Crippen LogP contribution in [0.1, 0.15) is 21.5 Å². The molecule has 1 amide bonds. The van der Waals surface area contributed by atoms with Gasteiger partial charge in [0.1, 0.15) is 0 Å². The number of thiazole rings is 1. The second-order valence-electron chi connectivity index (χ2n) is 5.62. The molecule has 1 aromatic heterocycles. The highest BCUT2D eigenvalue weighted by atomic mass is 32.2. The lowest BCUT2D eigenvalue weighted by Gasteiger charge is -2.03. The molecular weight excluding hydrogens is 344 g/mol. The molecule has 0 radical (unpaired) electrons. The number of anilines is 1. The van der Waals surface area contributed by atoms with Gasteiger partial charge in [0.25, 0.3) is 5.91 Å². The molecule has 0 fully saturated rings. The van der Waals surface area contributed by atoms with Gasteiger partial charge in [0.2, 0.25) is 0 Å². The van der Waals surface area contributed by atoms with Crippen molar-refractivity contribution in [3.8, 4) is 0 Å². The number of fused-ring (bicyclic) bond motifs is 1. The fourth-order valence-electron chi connectivity index (χ4n) is 2.30. The molecule has 7 heteroatoms. The van der Waals surface area contributed by atoms with Crippen molar-refractivity contribution in [1.29, 1.82) is 0 Å². The summed E-state index contributed by atoms with van der Waals surface area (Å²) in [6.07, 6.45) is 1.13. The van der Waals surface area contributed by atoms with Crippen LogP contribution < -0.4 is 5.32 Å². The number of nitrogens with one attached hydrogen (secondary N) is 1. The number of aromatic nitrogens is 1. The van der Waals surface area contributed by atoms with Crippen LogP contribution in [0.25, 0.3) is 10.2 Å². The molecule has 0 aliphatic rings. The summed E-state index contributed by atoms with van der Waals surface area (Å²) in [5, 5.41) is 3.30. The summed E-state index contributed by atoms with van der Waals surface area (Å²) in [5.74, 6) is -0.316. The predicted molar refractivity (Wildman–Crippen MR) is 96.6 cm³/mol. The molecule has 1 N–H and O–H groups in total. The molecule has 3 aromatic rings. The fourth-order valence-corrected chi connectivity index (χ4v) is 3.85. The van der Waals surface area contributed by atoms with E-state index in [2.05, 4.69) is 10.3 Å². The number of sulfone groups is 1. The van der Waals surface area contributed by atoms with Crippen LogP contribution >= 0.6 is 11.3 Å². The summed E-state index contributed by atoms with van der Waals surface area (Å²) in [6.45, 7) is 4.03. The van der Waals surface area contributed by atoms with Gasteiger partial charge in [0.05, 0.1) is 15.1 Å². The van der Waals surface area contributed by atoms with Gasteiger partial charge in [0.15, 0.2) is 15.0 Å². The number of carbonyl (C=O) groups is 1. The summed E-state index contributed by atoms with van der Waals surface area (Å²) >= 11 is 1.41. The van der Waals surface area contributed by atoms with E-state index in [-0.39, 0.29) is 10.8 Å². The van der Waals surface area contributed by atoms with Crippen molar-refractivity contribution in [2.75, 3.05) is 11.6 Å². The minimum atomic E-state index is -3.27. The SMILES string of the molecule is Cc1ccc2sc(NC(=O)c3ccc(S(C)(=O)=O)cc3)nc2c1C. The van der Waals surface area contributed by atoms with E-state index in [1.807, 2.05) is 26.0 Å². The van der Waals surface area contributed by atoms with Crippen molar-refractivity contribution in [2.45, 2.75) is 18.7 Å². The molecule has 2 aromatic carbocycles. The monoisotopic (exact) mass is 360 g/mol. The Morgan fingerprint density at radius 1 is 1.08 bits per heavy atom. The molecule has 124 valence electrons. The highest BCUT2D eigenvalue weighted by Gasteiger charge is 2.13. The number of benzene rings is 2. The van der Waals surface area contributed by atoms with Crippen LogP contribution in [0.3, 0.4) is 0 Å². The number of amides is 1. The van der Waals surface area contributed by atoms with Crippen molar-refractivity contribution in [3.05, 3.63) is 53.1 Å². The number of carbonyl (C=O) groups excluding carboxylic acids is 1. The van der Waals surface area contributed by atoms with Crippen LogP contribution in [-0.2, 0) is 9.84 Å². The maximum atomic E-state index is 12.3. The fraction of sp³-hybridized carbons (Fsp3) is 0.176. The molecule has 24 heavy (non-hydrogen) atoms. The van der Waals surface area contributed by atoms with Gasteiger partial charge in [-0.1, -0.05) is 17.4 Å². The highest BCUT2D eigenvalue weighted by Crippen LogP contribution is 2.29. The van der Waals surface area contributed by atoms with Gasteiger partial charge in [-0.3, -0.25) is 10.1 Å². The molecule has 3 rings (SSSR count). The third-order valence-corrected chi connectivity index (χ3v) is 5.91. The Kier molecular flexibility index (Phi) is 4.15. The number of hydrogen-bond acceptors (Lipinski definition) is 5. The highest BCUT2D eigenvalue weighted by molar-refractivity contribution is 7.90. The van der Waals surface area contributed by atoms with Crippen molar-refractivity contribution in [1.82, 2.24) is 4.98 Å². The van der Waals surface area contributed by atoms with Gasteiger partial charge in [-0.25, -0.2) is 13.4 Å². The van der Waals surface area contributed by atoms with Gasteiger partial charge < -0.3 is 0 Å². The lowest BCUT2D eigenvalue weighted by molar-refractivity contribution is 0.102. The van der Waals surface area contributed by atoms with Gasteiger partial charge in [-0.2, -0.15) is 0 Å². The van der Waals surface area contributed by atoms with E-state index in [9.17, 15) is 13.2 Å². The number of nitrogens with zero attached hydrogens (tertiary/aromatic N) is 1. The third-order valence-electron chi connectivity index (χ3n) is 3.85. The van der Waals surface area contributed by atoms with Crippen molar-refractivity contribution >= 4 is 42.4 Å². The normalized spacial score (nSPS) is 11.6. The van der Waals surface area contributed by atoms with Crippen molar-refractivity contribution in [3.63, 3.8) is 0 Å². The van der Waals surface area contributed by atoms with Crippen LogP contribution in [0, 0.1) is 13.8 Å². The average Bonchev–Trinajstić information content (AvgIpc) is 2.94. The molecule has 0 aliphatic carbocycles. The first-order valence-corrected chi connectivity index (χ1v) is 9.95. The topological polar surface area (TPSA) is 76.1 Å². The second kappa shape index (κ2) is 5.99. The van der Waals surface area contributed by atoms with Crippen LogP contribution in [0.4, 0.5) is 5.13 Å². The zero-order valence-electron chi connectivity index (χ0n) is 13.5. The Morgan fingerprint density at radius 3 is 2.38 bits per heavy atom. The molecule has 0 bridgehead atoms. The van der Waals surface area contributed by atoms with E-state index < -0.39 is 9.84 Å². The molecule has 0 saturated carbocycles. The average molecular weight is 360 g/mol. The Balaban J connectivity index is 1.86. The van der Waals surface area contributed by atoms with Crippen LogP contribution in [0.5, 0.6) is 0 Å². The molecule has 1 heterocycles. The van der Waals surface area contributed by atoms with E-state index >= 15 is 0 Å². The lowest BCUT2D eigenvalue weighted by Crippen LogP contribution is -2.11. The Bertz CT molecular complexity index is 1040. The zero-order valence-corrected chi connectivity index (χ0v) is 15.1. The summed E-state index contributed by atoms with van der Waals surface area (Å²) < 4.78 is 23.9. The molecule has 0 aliphatic heterocycles. The Labute approximate surface area is 144 Å². The molecule has 0 spiro atoms. The Morgan fingerprint density at radius 2 is 1.75 bits per heavy atom. The van der Waals surface area contributed by atoms with Crippen molar-refractivity contribution in [2.24, 2.45) is 0 Å².